The Kier molecular flexibility index (Phi) is 6.35. The number of nitriles is 1. The Balaban J connectivity index is 1.64. The van der Waals surface area contributed by atoms with E-state index in [1.165, 1.54) is 11.8 Å². The van der Waals surface area contributed by atoms with Crippen LogP contribution in [0.2, 0.25) is 0 Å². The molecule has 2 aromatic rings. The van der Waals surface area contributed by atoms with Crippen LogP contribution in [0.25, 0.3) is 0 Å². The highest BCUT2D eigenvalue weighted by molar-refractivity contribution is 8.03. The molecular formula is C23H23N3O3S2. The summed E-state index contributed by atoms with van der Waals surface area (Å²) in [4.78, 5) is 18.1. The largest absolute Gasteiger partial charge is 0.497 e. The molecule has 0 aliphatic carbocycles. The van der Waals surface area contributed by atoms with Crippen LogP contribution in [-0.2, 0) is 4.79 Å². The van der Waals surface area contributed by atoms with Crippen LogP contribution in [-0.4, -0.2) is 43.8 Å². The molecule has 0 N–H and O–H groups in total. The van der Waals surface area contributed by atoms with Gasteiger partial charge in [-0.1, -0.05) is 23.9 Å². The lowest BCUT2D eigenvalue weighted by atomic mass is 9.86. The fourth-order valence-corrected chi connectivity index (χ4v) is 5.45. The van der Waals surface area contributed by atoms with E-state index in [2.05, 4.69) is 11.0 Å². The molecule has 0 unspecified atom stereocenters. The number of amides is 1. The molecule has 1 amide bonds. The van der Waals surface area contributed by atoms with Crippen molar-refractivity contribution in [3.63, 3.8) is 0 Å². The van der Waals surface area contributed by atoms with E-state index in [-0.39, 0.29) is 11.8 Å². The monoisotopic (exact) mass is 453 g/mol. The molecule has 6 nitrogen and oxygen atoms in total. The Morgan fingerprint density at radius 1 is 1.16 bits per heavy atom. The van der Waals surface area contributed by atoms with Crippen molar-refractivity contribution < 1.29 is 14.3 Å². The number of carbonyl (C=O) groups excluding carboxylic acids is 1. The summed E-state index contributed by atoms with van der Waals surface area (Å²) in [5.41, 5.74) is 2.56. The van der Waals surface area contributed by atoms with Crippen molar-refractivity contribution in [2.75, 3.05) is 37.9 Å². The number of ether oxygens (including phenoxy) is 2. The maximum absolute atomic E-state index is 13.1. The quantitative estimate of drug-likeness (QED) is 0.611. The number of nitrogens with zero attached hydrogens (tertiary/aromatic N) is 3. The summed E-state index contributed by atoms with van der Waals surface area (Å²) < 4.78 is 10.8. The summed E-state index contributed by atoms with van der Waals surface area (Å²) in [5, 5.41) is 10.7. The first-order chi connectivity index (χ1) is 15.1. The van der Waals surface area contributed by atoms with Crippen LogP contribution in [0.3, 0.4) is 0 Å². The molecule has 31 heavy (non-hydrogen) atoms. The molecule has 8 heteroatoms. The molecule has 0 spiro atoms. The third-order valence-corrected chi connectivity index (χ3v) is 7.44. The first-order valence-electron chi connectivity index (χ1n) is 9.78. The summed E-state index contributed by atoms with van der Waals surface area (Å²) in [5.74, 6) is 1.84. The number of methoxy groups -OCH3 is 2. The number of carbonyl (C=O) groups is 1. The molecule has 0 aromatic heterocycles. The minimum Gasteiger partial charge on any atom is -0.497 e. The van der Waals surface area contributed by atoms with Gasteiger partial charge in [0, 0.05) is 23.3 Å². The standard InChI is InChI=1S/C23H23N3O3S2/c1-28-16-6-9-20(21(10-16)29-2)25-13-26-22(27)11-18(19(12-24)23(26)31-14-25)15-4-7-17(30-3)8-5-15/h4-10,18H,11,13-14H2,1-3H3/t18-/m1/s1. The highest BCUT2D eigenvalue weighted by Gasteiger charge is 2.38. The summed E-state index contributed by atoms with van der Waals surface area (Å²) >= 11 is 3.19. The zero-order valence-corrected chi connectivity index (χ0v) is 19.3. The highest BCUT2D eigenvalue weighted by atomic mass is 32.2. The first kappa shape index (κ1) is 21.5. The molecule has 2 aliphatic heterocycles. The average molecular weight is 454 g/mol. The van der Waals surface area contributed by atoms with E-state index in [1.54, 1.807) is 30.9 Å². The van der Waals surface area contributed by atoms with Gasteiger partial charge in [0.1, 0.15) is 11.5 Å². The lowest BCUT2D eigenvalue weighted by molar-refractivity contribution is -0.129. The number of anilines is 1. The zero-order chi connectivity index (χ0) is 22.0. The van der Waals surface area contributed by atoms with E-state index in [9.17, 15) is 10.1 Å². The van der Waals surface area contributed by atoms with Gasteiger partial charge in [0.2, 0.25) is 5.91 Å². The molecule has 2 aromatic carbocycles. The SMILES string of the molecule is COc1ccc(N2CSC3=C(C#N)[C@@H](c4ccc(SC)cc4)CC(=O)N3C2)c(OC)c1. The second-order valence-corrected chi connectivity index (χ2v) is 8.99. The van der Waals surface area contributed by atoms with Gasteiger partial charge in [0.05, 0.1) is 49.1 Å². The molecular weight excluding hydrogens is 430 g/mol. The normalized spacial score (nSPS) is 18.5. The predicted molar refractivity (Wildman–Crippen MR) is 124 cm³/mol. The number of fused-ring (bicyclic) bond motifs is 1. The maximum atomic E-state index is 13.1. The van der Waals surface area contributed by atoms with E-state index >= 15 is 0 Å². The molecule has 0 bridgehead atoms. The molecule has 1 fully saturated rings. The number of benzene rings is 2. The van der Waals surface area contributed by atoms with Crippen molar-refractivity contribution in [2.24, 2.45) is 0 Å². The Morgan fingerprint density at radius 2 is 1.94 bits per heavy atom. The van der Waals surface area contributed by atoms with Crippen molar-refractivity contribution in [1.82, 2.24) is 4.90 Å². The van der Waals surface area contributed by atoms with Crippen molar-refractivity contribution in [3.8, 4) is 17.6 Å². The molecule has 4 rings (SSSR count). The van der Waals surface area contributed by atoms with Gasteiger partial charge in [-0.15, -0.1) is 11.8 Å². The zero-order valence-electron chi connectivity index (χ0n) is 17.6. The molecule has 0 radical (unpaired) electrons. The lowest BCUT2D eigenvalue weighted by Crippen LogP contribution is -2.47. The van der Waals surface area contributed by atoms with Crippen LogP contribution in [0.1, 0.15) is 17.9 Å². The van der Waals surface area contributed by atoms with Crippen LogP contribution in [0.15, 0.2) is 58.0 Å². The third-order valence-electron chi connectivity index (χ3n) is 5.54. The van der Waals surface area contributed by atoms with Crippen LogP contribution in [0, 0.1) is 11.3 Å². The van der Waals surface area contributed by atoms with Crippen LogP contribution >= 0.6 is 23.5 Å². The maximum Gasteiger partial charge on any atom is 0.229 e. The van der Waals surface area contributed by atoms with Crippen LogP contribution in [0.4, 0.5) is 5.69 Å². The minimum atomic E-state index is -0.200. The third kappa shape index (κ3) is 4.08. The van der Waals surface area contributed by atoms with Crippen molar-refractivity contribution in [2.45, 2.75) is 17.2 Å². The highest BCUT2D eigenvalue weighted by Crippen LogP contribution is 2.44. The van der Waals surface area contributed by atoms with Gasteiger partial charge in [-0.05, 0) is 36.1 Å². The fourth-order valence-electron chi connectivity index (χ4n) is 3.88. The van der Waals surface area contributed by atoms with Crippen molar-refractivity contribution in [3.05, 3.63) is 58.6 Å². The second-order valence-electron chi connectivity index (χ2n) is 7.17. The first-order valence-corrected chi connectivity index (χ1v) is 12.0. The van der Waals surface area contributed by atoms with Crippen molar-refractivity contribution >= 4 is 35.1 Å². The van der Waals surface area contributed by atoms with E-state index in [1.807, 2.05) is 48.7 Å². The van der Waals surface area contributed by atoms with E-state index < -0.39 is 0 Å². The summed E-state index contributed by atoms with van der Waals surface area (Å²) in [6.07, 6.45) is 2.32. The Hall–Kier alpha value is -2.76. The van der Waals surface area contributed by atoms with Crippen LogP contribution in [0.5, 0.6) is 11.5 Å². The van der Waals surface area contributed by atoms with E-state index in [0.717, 1.165) is 21.2 Å². The second kappa shape index (κ2) is 9.16. The van der Waals surface area contributed by atoms with Gasteiger partial charge in [0.15, 0.2) is 0 Å². The fraction of sp³-hybridized carbons (Fsp3) is 0.304. The van der Waals surface area contributed by atoms with E-state index in [0.29, 0.717) is 36.0 Å². The smallest absolute Gasteiger partial charge is 0.229 e. The van der Waals surface area contributed by atoms with Gasteiger partial charge < -0.3 is 14.4 Å². The number of thioether (sulfide) groups is 2. The number of hydrogen-bond acceptors (Lipinski definition) is 7. The van der Waals surface area contributed by atoms with Gasteiger partial charge in [-0.25, -0.2) is 0 Å². The molecule has 160 valence electrons. The lowest BCUT2D eigenvalue weighted by Gasteiger charge is -2.42. The Morgan fingerprint density at radius 3 is 2.58 bits per heavy atom. The molecule has 2 aliphatic rings. The molecule has 0 saturated carbocycles. The van der Waals surface area contributed by atoms with Gasteiger partial charge in [0.25, 0.3) is 0 Å². The molecule has 1 atom stereocenters. The molecule has 1 saturated heterocycles. The topological polar surface area (TPSA) is 65.8 Å². The van der Waals surface area contributed by atoms with Crippen molar-refractivity contribution in [1.29, 1.82) is 5.26 Å². The predicted octanol–water partition coefficient (Wildman–Crippen LogP) is 4.65. The minimum absolute atomic E-state index is 0.0256. The Bertz CT molecular complexity index is 1060. The van der Waals surface area contributed by atoms with Gasteiger partial charge in [-0.2, -0.15) is 5.26 Å². The number of rotatable bonds is 5. The summed E-state index contributed by atoms with van der Waals surface area (Å²) in [6.45, 7) is 0.382. The summed E-state index contributed by atoms with van der Waals surface area (Å²) in [7, 11) is 3.23. The number of allylic oxidation sites excluding steroid dienone is 1. The van der Waals surface area contributed by atoms with E-state index in [4.69, 9.17) is 9.47 Å². The van der Waals surface area contributed by atoms with Gasteiger partial charge in [-0.3, -0.25) is 9.69 Å². The van der Waals surface area contributed by atoms with Gasteiger partial charge >= 0.3 is 0 Å². The van der Waals surface area contributed by atoms with Crippen LogP contribution < -0.4 is 14.4 Å². The number of hydrogen-bond donors (Lipinski definition) is 0. The Labute approximate surface area is 190 Å². The summed E-state index contributed by atoms with van der Waals surface area (Å²) in [6, 6.07) is 16.2. The average Bonchev–Trinajstić information content (AvgIpc) is 2.83. The molecule has 2 heterocycles.